The van der Waals surface area contributed by atoms with Crippen LogP contribution in [0.2, 0.25) is 0 Å². The van der Waals surface area contributed by atoms with Gasteiger partial charge < -0.3 is 19.6 Å². The maximum atomic E-state index is 10.7. The van der Waals surface area contributed by atoms with Gasteiger partial charge in [0.25, 0.3) is 0 Å². The van der Waals surface area contributed by atoms with Crippen LogP contribution in [-0.4, -0.2) is 17.7 Å². The molecule has 2 rings (SSSR count). The summed E-state index contributed by atoms with van der Waals surface area (Å²) in [7, 11) is 0. The number of carbonyl (C=O) groups is 1. The van der Waals surface area contributed by atoms with Gasteiger partial charge in [-0.1, -0.05) is 0 Å². The average Bonchev–Trinajstić information content (AvgIpc) is 2.87. The second-order valence-corrected chi connectivity index (χ2v) is 4.33. The van der Waals surface area contributed by atoms with Crippen LogP contribution in [0, 0.1) is 6.92 Å². The second kappa shape index (κ2) is 6.14. The van der Waals surface area contributed by atoms with Crippen molar-refractivity contribution in [1.82, 2.24) is 0 Å². The minimum Gasteiger partial charge on any atom is -0.494 e. The Morgan fingerprint density at radius 2 is 2.15 bits per heavy atom. The molecular weight excluding hydrogens is 258 g/mol. The summed E-state index contributed by atoms with van der Waals surface area (Å²) in [5.41, 5.74) is 2.02. The maximum absolute atomic E-state index is 10.7. The van der Waals surface area contributed by atoms with Crippen LogP contribution in [0.3, 0.4) is 0 Å². The fraction of sp³-hybridized carbons (Fsp3) is 0.267. The third-order valence-electron chi connectivity index (χ3n) is 2.83. The Hall–Kier alpha value is -2.43. The lowest BCUT2D eigenvalue weighted by atomic mass is 10.2. The number of hydrogen-bond donors (Lipinski definition) is 2. The van der Waals surface area contributed by atoms with Gasteiger partial charge in [-0.3, -0.25) is 0 Å². The Kier molecular flexibility index (Phi) is 4.30. The Labute approximate surface area is 117 Å². The quantitative estimate of drug-likeness (QED) is 0.846. The molecule has 0 aliphatic rings. The van der Waals surface area contributed by atoms with Crippen LogP contribution >= 0.6 is 0 Å². The molecule has 0 fully saturated rings. The van der Waals surface area contributed by atoms with Gasteiger partial charge >= 0.3 is 5.97 Å². The van der Waals surface area contributed by atoms with E-state index in [1.807, 2.05) is 32.0 Å². The van der Waals surface area contributed by atoms with Crippen molar-refractivity contribution >= 4 is 11.7 Å². The molecule has 0 saturated heterocycles. The number of benzene rings is 1. The molecule has 0 unspecified atom stereocenters. The number of aryl methyl sites for hydroxylation is 1. The lowest BCUT2D eigenvalue weighted by Gasteiger charge is -2.10. The molecule has 0 radical (unpaired) electrons. The van der Waals surface area contributed by atoms with Crippen LogP contribution in [0.4, 0.5) is 5.69 Å². The summed E-state index contributed by atoms with van der Waals surface area (Å²) in [6.45, 7) is 4.99. The largest absolute Gasteiger partial charge is 0.494 e. The average molecular weight is 275 g/mol. The van der Waals surface area contributed by atoms with Gasteiger partial charge in [0.15, 0.2) is 0 Å². The number of anilines is 1. The number of carboxylic acids is 1. The van der Waals surface area contributed by atoms with E-state index >= 15 is 0 Å². The minimum atomic E-state index is -1.06. The van der Waals surface area contributed by atoms with Crippen LogP contribution in [0.25, 0.3) is 0 Å². The van der Waals surface area contributed by atoms with E-state index in [9.17, 15) is 4.79 Å². The predicted molar refractivity (Wildman–Crippen MR) is 75.3 cm³/mol. The number of carboxylic acid groups (broad SMARTS) is 1. The van der Waals surface area contributed by atoms with Crippen LogP contribution < -0.4 is 10.1 Å². The third-order valence-corrected chi connectivity index (χ3v) is 2.83. The molecule has 0 bridgehead atoms. The van der Waals surface area contributed by atoms with Gasteiger partial charge in [-0.2, -0.15) is 0 Å². The Balaban J connectivity index is 2.01. The van der Waals surface area contributed by atoms with Crippen LogP contribution in [0.1, 0.15) is 28.8 Å². The third kappa shape index (κ3) is 3.32. The Bertz CT molecular complexity index is 604. The van der Waals surface area contributed by atoms with Crippen molar-refractivity contribution in [1.29, 1.82) is 0 Å². The molecule has 1 aromatic carbocycles. The summed E-state index contributed by atoms with van der Waals surface area (Å²) < 4.78 is 10.6. The molecule has 0 spiro atoms. The summed E-state index contributed by atoms with van der Waals surface area (Å²) in [6, 6.07) is 8.88. The molecule has 2 N–H and O–H groups in total. The lowest BCUT2D eigenvalue weighted by Crippen LogP contribution is -2.01. The highest BCUT2D eigenvalue weighted by Crippen LogP contribution is 2.22. The highest BCUT2D eigenvalue weighted by Gasteiger charge is 2.09. The maximum Gasteiger partial charge on any atom is 0.371 e. The zero-order valence-corrected chi connectivity index (χ0v) is 11.5. The minimum absolute atomic E-state index is 0.0507. The highest BCUT2D eigenvalue weighted by atomic mass is 16.5. The summed E-state index contributed by atoms with van der Waals surface area (Å²) in [5, 5.41) is 12.0. The molecule has 5 nitrogen and oxygen atoms in total. The monoisotopic (exact) mass is 275 g/mol. The molecule has 0 aliphatic carbocycles. The van der Waals surface area contributed by atoms with Crippen molar-refractivity contribution in [3.05, 3.63) is 47.4 Å². The van der Waals surface area contributed by atoms with E-state index in [4.69, 9.17) is 14.3 Å². The fourth-order valence-corrected chi connectivity index (χ4v) is 1.86. The van der Waals surface area contributed by atoms with Crippen molar-refractivity contribution in [2.24, 2.45) is 0 Å². The van der Waals surface area contributed by atoms with E-state index in [1.54, 1.807) is 6.07 Å². The first-order valence-corrected chi connectivity index (χ1v) is 6.39. The molecule has 20 heavy (non-hydrogen) atoms. The normalized spacial score (nSPS) is 10.3. The molecular formula is C15H17NO4. The SMILES string of the molecule is CCOc1ccc(NCc2ccc(C(=O)O)o2)c(C)c1. The van der Waals surface area contributed by atoms with E-state index < -0.39 is 5.97 Å². The standard InChI is InChI=1S/C15H17NO4/c1-3-19-11-4-6-13(10(2)8-11)16-9-12-5-7-14(20-12)15(17)18/h4-8,16H,3,9H2,1-2H3,(H,17,18). The van der Waals surface area contributed by atoms with E-state index in [0.717, 1.165) is 17.0 Å². The Morgan fingerprint density at radius 1 is 1.35 bits per heavy atom. The van der Waals surface area contributed by atoms with Gasteiger partial charge in [-0.25, -0.2) is 4.79 Å². The Morgan fingerprint density at radius 3 is 2.75 bits per heavy atom. The smallest absolute Gasteiger partial charge is 0.371 e. The number of aromatic carboxylic acids is 1. The van der Waals surface area contributed by atoms with Crippen LogP contribution in [0.5, 0.6) is 5.75 Å². The molecule has 0 saturated carbocycles. The number of ether oxygens (including phenoxy) is 1. The molecule has 0 amide bonds. The van der Waals surface area contributed by atoms with Gasteiger partial charge in [-0.15, -0.1) is 0 Å². The number of nitrogens with one attached hydrogen (secondary N) is 1. The molecule has 0 atom stereocenters. The predicted octanol–water partition coefficient (Wildman–Crippen LogP) is 3.30. The molecule has 1 heterocycles. The van der Waals surface area contributed by atoms with Gasteiger partial charge in [0.1, 0.15) is 11.5 Å². The zero-order valence-electron chi connectivity index (χ0n) is 11.5. The van der Waals surface area contributed by atoms with Crippen LogP contribution in [-0.2, 0) is 6.54 Å². The first-order chi connectivity index (χ1) is 9.60. The lowest BCUT2D eigenvalue weighted by molar-refractivity contribution is 0.0660. The van der Waals surface area contributed by atoms with E-state index in [1.165, 1.54) is 6.07 Å². The first-order valence-electron chi connectivity index (χ1n) is 6.39. The van der Waals surface area contributed by atoms with Gasteiger partial charge in [-0.05, 0) is 49.7 Å². The summed E-state index contributed by atoms with van der Waals surface area (Å²) in [6.07, 6.45) is 0. The molecule has 106 valence electrons. The van der Waals surface area contributed by atoms with Gasteiger partial charge in [0.2, 0.25) is 5.76 Å². The summed E-state index contributed by atoms with van der Waals surface area (Å²) in [5.74, 6) is 0.302. The number of hydrogen-bond acceptors (Lipinski definition) is 4. The van der Waals surface area contributed by atoms with Crippen molar-refractivity contribution < 1.29 is 19.1 Å². The van der Waals surface area contributed by atoms with Crippen LogP contribution in [0.15, 0.2) is 34.7 Å². The topological polar surface area (TPSA) is 71.7 Å². The van der Waals surface area contributed by atoms with Crippen molar-refractivity contribution in [2.75, 3.05) is 11.9 Å². The molecule has 2 aromatic rings. The number of rotatable bonds is 6. The van der Waals surface area contributed by atoms with E-state index in [-0.39, 0.29) is 5.76 Å². The van der Waals surface area contributed by atoms with Crippen molar-refractivity contribution in [2.45, 2.75) is 20.4 Å². The first kappa shape index (κ1) is 14.0. The zero-order chi connectivity index (χ0) is 14.5. The van der Waals surface area contributed by atoms with Crippen molar-refractivity contribution in [3.8, 4) is 5.75 Å². The highest BCUT2D eigenvalue weighted by molar-refractivity contribution is 5.84. The molecule has 0 aliphatic heterocycles. The summed E-state index contributed by atoms with van der Waals surface area (Å²) >= 11 is 0. The van der Waals surface area contributed by atoms with E-state index in [0.29, 0.717) is 18.9 Å². The second-order valence-electron chi connectivity index (χ2n) is 4.33. The molecule has 1 aromatic heterocycles. The van der Waals surface area contributed by atoms with E-state index in [2.05, 4.69) is 5.32 Å². The van der Waals surface area contributed by atoms with Crippen molar-refractivity contribution in [3.63, 3.8) is 0 Å². The van der Waals surface area contributed by atoms with Gasteiger partial charge in [0.05, 0.1) is 13.2 Å². The fourth-order valence-electron chi connectivity index (χ4n) is 1.86. The number of furan rings is 1. The van der Waals surface area contributed by atoms with Gasteiger partial charge in [0, 0.05) is 5.69 Å². The summed E-state index contributed by atoms with van der Waals surface area (Å²) in [4.78, 5) is 10.7. The molecule has 5 heteroatoms.